The third-order valence-corrected chi connectivity index (χ3v) is 8.32. The zero-order chi connectivity index (χ0) is 29.7. The number of aliphatic hydroxyl groups excluding tert-OH is 1. The first-order chi connectivity index (χ1) is 19.4. The molecule has 2 atom stereocenters. The Kier molecular flexibility index (Phi) is 27.3. The second-order valence-electron chi connectivity index (χ2n) is 12.1. The van der Waals surface area contributed by atoms with Gasteiger partial charge in [-0.3, -0.25) is 14.4 Å². The fraction of sp³-hybridized carbons (Fsp3) is 0.914. The summed E-state index contributed by atoms with van der Waals surface area (Å²) in [5.41, 5.74) is -2.73. The van der Waals surface area contributed by atoms with Crippen LogP contribution in [0.1, 0.15) is 194 Å². The minimum atomic E-state index is -2.73. The fourth-order valence-electron chi connectivity index (χ4n) is 5.45. The number of carbonyl (C=O) groups excluding carboxylic acids is 3. The monoisotopic (exact) mass is 565 g/mol. The molecule has 0 aliphatic rings. The minimum absolute atomic E-state index is 0.0212. The van der Waals surface area contributed by atoms with E-state index in [2.05, 4.69) is 13.8 Å². The van der Waals surface area contributed by atoms with Crippen LogP contribution in [0.3, 0.4) is 0 Å². The zero-order valence-corrected chi connectivity index (χ0v) is 26.5. The molecule has 2 N–H and O–H groups in total. The second kappa shape index (κ2) is 28.1. The molecule has 0 fully saturated rings. The first-order valence-corrected chi connectivity index (χ1v) is 17.3. The highest BCUT2D eigenvalue weighted by Crippen LogP contribution is 2.19. The van der Waals surface area contributed by atoms with Gasteiger partial charge in [-0.05, 0) is 12.8 Å². The van der Waals surface area contributed by atoms with Crippen LogP contribution in [-0.2, 0) is 14.4 Å². The lowest BCUT2D eigenvalue weighted by Gasteiger charge is -2.24. The molecule has 235 valence electrons. The molecule has 0 bridgehead atoms. The van der Waals surface area contributed by atoms with Crippen molar-refractivity contribution in [3.63, 3.8) is 0 Å². The van der Waals surface area contributed by atoms with Crippen LogP contribution in [0.15, 0.2) is 0 Å². The highest BCUT2D eigenvalue weighted by Gasteiger charge is 2.46. The Labute approximate surface area is 247 Å². The first-order valence-electron chi connectivity index (χ1n) is 17.3. The maximum absolute atomic E-state index is 12.5. The quantitative estimate of drug-likeness (QED) is 0.0626. The van der Waals surface area contributed by atoms with Crippen molar-refractivity contribution in [2.75, 3.05) is 0 Å². The summed E-state index contributed by atoms with van der Waals surface area (Å²) in [7, 11) is 0. The van der Waals surface area contributed by atoms with Gasteiger partial charge in [-0.25, -0.2) is 0 Å². The van der Waals surface area contributed by atoms with E-state index in [1.54, 1.807) is 0 Å². The Morgan fingerprint density at radius 1 is 0.525 bits per heavy atom. The van der Waals surface area contributed by atoms with E-state index in [1.165, 1.54) is 122 Å². The van der Waals surface area contributed by atoms with Gasteiger partial charge in [-0.2, -0.15) is 0 Å². The van der Waals surface area contributed by atoms with E-state index in [9.17, 15) is 24.6 Å². The molecule has 0 amide bonds. The third kappa shape index (κ3) is 20.8. The molecule has 0 saturated heterocycles. The zero-order valence-electron chi connectivity index (χ0n) is 26.5. The Balaban J connectivity index is 3.87. The predicted molar refractivity (Wildman–Crippen MR) is 167 cm³/mol. The molecule has 0 heterocycles. The van der Waals surface area contributed by atoms with Crippen LogP contribution in [0, 0.1) is 0 Å². The molecule has 5 heteroatoms. The number of Topliss-reactive ketones (excluding diaryl/α,β-unsaturated/α-hetero) is 2. The molecule has 0 rings (SSSR count). The van der Waals surface area contributed by atoms with Gasteiger partial charge in [0, 0.05) is 12.8 Å². The molecule has 0 spiro atoms. The molecular formula is C35H65O5. The largest absolute Gasteiger partial charge is 0.381 e. The third-order valence-electron chi connectivity index (χ3n) is 8.32. The number of unbranched alkanes of at least 4 members (excludes halogenated alkanes) is 24. The molecular weight excluding hydrogens is 500 g/mol. The van der Waals surface area contributed by atoms with E-state index in [-0.39, 0.29) is 12.8 Å². The number of ketones is 2. The second-order valence-corrected chi connectivity index (χ2v) is 12.1. The fourth-order valence-corrected chi connectivity index (χ4v) is 5.45. The van der Waals surface area contributed by atoms with Gasteiger partial charge in [0.1, 0.15) is 0 Å². The van der Waals surface area contributed by atoms with E-state index in [0.29, 0.717) is 12.8 Å². The van der Waals surface area contributed by atoms with E-state index in [1.807, 2.05) is 0 Å². The van der Waals surface area contributed by atoms with Gasteiger partial charge in [-0.1, -0.05) is 168 Å². The summed E-state index contributed by atoms with van der Waals surface area (Å²) in [5.74, 6) is -1.44. The molecule has 40 heavy (non-hydrogen) atoms. The molecule has 0 aromatic heterocycles. The lowest BCUT2D eigenvalue weighted by Crippen LogP contribution is -2.54. The number of hydrogen-bond acceptors (Lipinski definition) is 5. The predicted octanol–water partition coefficient (Wildman–Crippen LogP) is 9.29. The van der Waals surface area contributed by atoms with Crippen molar-refractivity contribution in [3.8, 4) is 0 Å². The van der Waals surface area contributed by atoms with Crippen molar-refractivity contribution in [3.05, 3.63) is 0 Å². The van der Waals surface area contributed by atoms with Gasteiger partial charge in [0.25, 0.3) is 0 Å². The highest BCUT2D eigenvalue weighted by atomic mass is 16.4. The molecule has 0 aromatic rings. The summed E-state index contributed by atoms with van der Waals surface area (Å²) >= 11 is 0. The molecule has 5 nitrogen and oxygen atoms in total. The number of carbonyl (C=O) groups is 2. The van der Waals surface area contributed by atoms with Crippen LogP contribution in [0.5, 0.6) is 0 Å². The first kappa shape index (κ1) is 38.9. The van der Waals surface area contributed by atoms with Crippen molar-refractivity contribution in [1.82, 2.24) is 0 Å². The van der Waals surface area contributed by atoms with E-state index >= 15 is 0 Å². The summed E-state index contributed by atoms with van der Waals surface area (Å²) < 4.78 is 0. The van der Waals surface area contributed by atoms with Gasteiger partial charge in [0.05, 0.1) is 0 Å². The lowest BCUT2D eigenvalue weighted by atomic mass is 9.86. The van der Waals surface area contributed by atoms with Crippen molar-refractivity contribution in [2.24, 2.45) is 0 Å². The van der Waals surface area contributed by atoms with Crippen LogP contribution in [0.4, 0.5) is 0 Å². The molecule has 2 unspecified atom stereocenters. The summed E-state index contributed by atoms with van der Waals surface area (Å²) in [6, 6.07) is 0. The Morgan fingerprint density at radius 3 is 1.10 bits per heavy atom. The van der Waals surface area contributed by atoms with Gasteiger partial charge in [0.2, 0.25) is 11.9 Å². The average molecular weight is 566 g/mol. The van der Waals surface area contributed by atoms with Gasteiger partial charge in [-0.15, -0.1) is 0 Å². The van der Waals surface area contributed by atoms with E-state index in [4.69, 9.17) is 0 Å². The van der Waals surface area contributed by atoms with Crippen LogP contribution >= 0.6 is 0 Å². The van der Waals surface area contributed by atoms with Gasteiger partial charge in [0.15, 0.2) is 17.7 Å². The van der Waals surface area contributed by atoms with E-state index in [0.717, 1.165) is 38.5 Å². The van der Waals surface area contributed by atoms with Crippen molar-refractivity contribution < 1.29 is 24.6 Å². The molecule has 0 saturated carbocycles. The van der Waals surface area contributed by atoms with Crippen molar-refractivity contribution >= 4 is 17.9 Å². The maximum atomic E-state index is 12.5. The van der Waals surface area contributed by atoms with Crippen molar-refractivity contribution in [2.45, 2.75) is 205 Å². The smallest absolute Gasteiger partial charge is 0.244 e. The summed E-state index contributed by atoms with van der Waals surface area (Å²) in [6.07, 6.45) is 30.0. The molecule has 0 aliphatic heterocycles. The minimum Gasteiger partial charge on any atom is -0.381 e. The Morgan fingerprint density at radius 2 is 0.800 bits per heavy atom. The van der Waals surface area contributed by atoms with Crippen LogP contribution in [0.25, 0.3) is 0 Å². The number of aliphatic hydroxyl groups is 2. The van der Waals surface area contributed by atoms with Gasteiger partial charge < -0.3 is 10.2 Å². The molecule has 1 radical (unpaired) electrons. The highest BCUT2D eigenvalue weighted by molar-refractivity contribution is 6.07. The summed E-state index contributed by atoms with van der Waals surface area (Å²) in [5, 5.41) is 20.8. The van der Waals surface area contributed by atoms with Crippen LogP contribution in [-0.4, -0.2) is 39.8 Å². The SMILES string of the molecule is CCCCCCCCCCCCCCCC(=O)C(O)C(O)([C]=O)C(=O)CCCCCCCCCCCCCCC. The van der Waals surface area contributed by atoms with Crippen LogP contribution in [0.2, 0.25) is 0 Å². The van der Waals surface area contributed by atoms with Crippen LogP contribution < -0.4 is 0 Å². The summed E-state index contributed by atoms with van der Waals surface area (Å²) in [6.45, 7) is 4.48. The number of rotatable bonds is 32. The molecule has 0 aliphatic carbocycles. The number of hydrogen-bond donors (Lipinski definition) is 2. The Hall–Kier alpha value is -1.07. The van der Waals surface area contributed by atoms with E-state index < -0.39 is 23.3 Å². The average Bonchev–Trinajstić information content (AvgIpc) is 2.96. The molecule has 0 aromatic carbocycles. The maximum Gasteiger partial charge on any atom is 0.244 e. The lowest BCUT2D eigenvalue weighted by molar-refractivity contribution is -0.150. The standard InChI is InChI=1S/C35H65O5/c1-3-5-7-9-11-13-15-17-19-21-23-25-27-29-32(37)34(39)35(40,31-36)33(38)30-28-26-24-22-20-18-16-14-12-10-8-6-4-2/h34,39-40H,3-30H2,1-2H3. The topological polar surface area (TPSA) is 91.7 Å². The summed E-state index contributed by atoms with van der Waals surface area (Å²) in [4.78, 5) is 36.3. The Bertz CT molecular complexity index is 605. The van der Waals surface area contributed by atoms with Gasteiger partial charge >= 0.3 is 0 Å². The normalized spacial score (nSPS) is 13.7. The van der Waals surface area contributed by atoms with Crippen molar-refractivity contribution in [1.29, 1.82) is 0 Å².